The summed E-state index contributed by atoms with van der Waals surface area (Å²) in [4.78, 5) is 0. The summed E-state index contributed by atoms with van der Waals surface area (Å²) >= 11 is -10.4. The summed E-state index contributed by atoms with van der Waals surface area (Å²) in [5.41, 5.74) is -1.56. The Morgan fingerprint density at radius 3 is 1.30 bits per heavy atom. The minimum absolute atomic E-state index is 0.0918. The number of alkyl halides is 6. The molecule has 0 aromatic rings. The van der Waals surface area contributed by atoms with Gasteiger partial charge in [0.1, 0.15) is 0 Å². The van der Waals surface area contributed by atoms with Crippen molar-refractivity contribution in [1.29, 1.82) is 0 Å². The molecule has 3 N–H and O–H groups in total. The third-order valence-electron chi connectivity index (χ3n) is 4.07. The van der Waals surface area contributed by atoms with Crippen molar-refractivity contribution in [1.82, 2.24) is 9.78 Å². The first kappa shape index (κ1) is 28.4. The van der Waals surface area contributed by atoms with Crippen LogP contribution >= 0.6 is 0 Å². The van der Waals surface area contributed by atoms with E-state index in [4.69, 9.17) is 0 Å². The van der Waals surface area contributed by atoms with E-state index in [0.717, 1.165) is 6.08 Å². The van der Waals surface area contributed by atoms with E-state index < -0.39 is 66.5 Å². The number of hydrogen-bond donors (Lipinski definition) is 3. The monoisotopic (exact) mass is 583 g/mol. The Morgan fingerprint density at radius 2 is 1.03 bits per heavy atom. The summed E-state index contributed by atoms with van der Waals surface area (Å²) in [6, 6.07) is 0. The van der Waals surface area contributed by atoms with Crippen molar-refractivity contribution < 1.29 is 47.5 Å². The molecule has 30 heavy (non-hydrogen) atoms. The third kappa shape index (κ3) is 8.37. The number of allylic oxidation sites excluding steroid dienone is 4. The fraction of sp³-hybridized carbons (Fsp3) is 0.789. The second-order valence-corrected chi connectivity index (χ2v) is 23.8. The molecule has 0 heterocycles. The molecule has 1 aliphatic carbocycles. The molecule has 0 atom stereocenters. The van der Waals surface area contributed by atoms with Gasteiger partial charge in [0.25, 0.3) is 0 Å². The summed E-state index contributed by atoms with van der Waals surface area (Å²) < 4.78 is 92.5. The van der Waals surface area contributed by atoms with Gasteiger partial charge >= 0.3 is 187 Å². The standard InChI is InChI=1S/C7H5F6Ge.3C4H10N.Zr/c8-6(9,10)14(7(11,12)13)5-3-1-2-4-5;3*1-4(2,3)5;/h1,3,14H,2H2;3*5H,1-3H3;/q;3*-1;+3. The number of halogens is 6. The predicted octanol–water partition coefficient (Wildman–Crippen LogP) is 5.23. The molecule has 0 fully saturated rings. The van der Waals surface area contributed by atoms with Gasteiger partial charge in [-0.25, -0.2) is 0 Å². The molecule has 1 aliphatic rings. The van der Waals surface area contributed by atoms with Crippen molar-refractivity contribution >= 4 is 14.3 Å². The first-order chi connectivity index (χ1) is 13.0. The van der Waals surface area contributed by atoms with E-state index in [9.17, 15) is 26.3 Å². The van der Waals surface area contributed by atoms with Crippen LogP contribution in [0.5, 0.6) is 0 Å². The summed E-state index contributed by atoms with van der Waals surface area (Å²) in [6.45, 7) is 16.9. The van der Waals surface area contributed by atoms with E-state index in [0.29, 0.717) is 0 Å². The van der Waals surface area contributed by atoms with Gasteiger partial charge in [-0.2, -0.15) is 0 Å². The van der Waals surface area contributed by atoms with Gasteiger partial charge in [0.2, 0.25) is 0 Å². The fourth-order valence-corrected chi connectivity index (χ4v) is 24.3. The van der Waals surface area contributed by atoms with E-state index in [1.807, 2.05) is 62.3 Å². The minimum atomic E-state index is -5.92. The van der Waals surface area contributed by atoms with Gasteiger partial charge in [0.05, 0.1) is 0 Å². The first-order valence-electron chi connectivity index (χ1n) is 9.88. The molecule has 0 saturated carbocycles. The summed E-state index contributed by atoms with van der Waals surface area (Å²) in [5.74, 6) is 0. The predicted molar refractivity (Wildman–Crippen MR) is 109 cm³/mol. The number of nitrogens with one attached hydrogen (secondary N) is 3. The van der Waals surface area contributed by atoms with E-state index in [1.165, 1.54) is 6.08 Å². The van der Waals surface area contributed by atoms with Crippen molar-refractivity contribution in [3.8, 4) is 0 Å². The van der Waals surface area contributed by atoms with Crippen LogP contribution in [0.1, 0.15) is 68.7 Å². The molecule has 3 nitrogen and oxygen atoms in total. The Labute approximate surface area is 186 Å². The van der Waals surface area contributed by atoms with E-state index in [-0.39, 0.29) is 9.70 Å². The van der Waals surface area contributed by atoms with Crippen LogP contribution in [0.2, 0.25) is 0 Å². The molecule has 0 amide bonds. The van der Waals surface area contributed by atoms with Crippen LogP contribution in [0.4, 0.5) is 26.3 Å². The molecule has 0 saturated heterocycles. The van der Waals surface area contributed by atoms with Gasteiger partial charge in [-0.05, 0) is 0 Å². The molecular formula is C19H35F6GeN3Zr. The molecule has 0 aliphatic heterocycles. The Hall–Kier alpha value is 0.366. The maximum atomic E-state index is 13.7. The van der Waals surface area contributed by atoms with Gasteiger partial charge in [-0.3, -0.25) is 0 Å². The number of hydrogen-bond acceptors (Lipinski definition) is 3. The Morgan fingerprint density at radius 1 is 0.700 bits per heavy atom. The van der Waals surface area contributed by atoms with Crippen LogP contribution in [0, 0.1) is 0 Å². The van der Waals surface area contributed by atoms with Gasteiger partial charge in [0.15, 0.2) is 0 Å². The van der Waals surface area contributed by atoms with Crippen LogP contribution in [0.15, 0.2) is 19.8 Å². The second-order valence-electron chi connectivity index (χ2n) is 10.9. The van der Waals surface area contributed by atoms with Crippen LogP contribution in [-0.4, -0.2) is 41.0 Å². The molecule has 0 aromatic carbocycles. The molecule has 176 valence electrons. The SMILES string of the molecule is CC(C)(C)[NH][Zr]([NH]C(C)(C)C)([NH]C(C)(C)C)[C]1=[C]([GeH]([C](F)(F)F)[C](F)(F)F)C=CC1. The van der Waals surface area contributed by atoms with Crippen molar-refractivity contribution in [2.45, 2.75) is 95.4 Å². The van der Waals surface area contributed by atoms with E-state index in [2.05, 4.69) is 9.78 Å². The molecule has 0 radical (unpaired) electrons. The zero-order valence-electron chi connectivity index (χ0n) is 19.2. The van der Waals surface area contributed by atoms with Crippen molar-refractivity contribution in [2.75, 3.05) is 0 Å². The maximum absolute atomic E-state index is 13.7. The Balaban J connectivity index is 3.88. The quantitative estimate of drug-likeness (QED) is 0.307. The normalized spacial score (nSPS) is 17.5. The summed E-state index contributed by atoms with van der Waals surface area (Å²) in [6.07, 6.45) is 2.63. The molecule has 0 bridgehead atoms. The molecule has 0 aromatic heterocycles. The van der Waals surface area contributed by atoms with Crippen LogP contribution < -0.4 is 9.78 Å². The van der Waals surface area contributed by atoms with Gasteiger partial charge in [-0.1, -0.05) is 0 Å². The molecule has 0 spiro atoms. The molecule has 1 rings (SSSR count). The fourth-order valence-electron chi connectivity index (χ4n) is 3.71. The van der Waals surface area contributed by atoms with Gasteiger partial charge in [0, 0.05) is 0 Å². The average Bonchev–Trinajstić information content (AvgIpc) is 2.76. The summed E-state index contributed by atoms with van der Waals surface area (Å²) in [7, 11) is 0. The third-order valence-corrected chi connectivity index (χ3v) is 22.5. The summed E-state index contributed by atoms with van der Waals surface area (Å²) in [5, 5.41) is -10.5. The van der Waals surface area contributed by atoms with Gasteiger partial charge in [-0.15, -0.1) is 0 Å². The average molecular weight is 583 g/mol. The van der Waals surface area contributed by atoms with E-state index in [1.54, 1.807) is 0 Å². The van der Waals surface area contributed by atoms with Crippen molar-refractivity contribution in [2.24, 2.45) is 0 Å². The first-order valence-corrected chi connectivity index (χ1v) is 18.4. The van der Waals surface area contributed by atoms with Crippen LogP contribution in [0.3, 0.4) is 0 Å². The topological polar surface area (TPSA) is 36.1 Å². The molecule has 11 heteroatoms. The molecule has 0 unspecified atom stereocenters. The Kier molecular flexibility index (Phi) is 8.48. The Bertz CT molecular complexity index is 624. The zero-order valence-corrected chi connectivity index (χ0v) is 24.1. The van der Waals surface area contributed by atoms with E-state index >= 15 is 0 Å². The molecular weight excluding hydrogens is 548 g/mol. The zero-order chi connectivity index (χ0) is 24.0. The van der Waals surface area contributed by atoms with Crippen LogP contribution in [-0.2, 0) is 21.1 Å². The van der Waals surface area contributed by atoms with Crippen molar-refractivity contribution in [3.63, 3.8) is 0 Å². The second kappa shape index (κ2) is 8.96. The van der Waals surface area contributed by atoms with Crippen molar-refractivity contribution in [3.05, 3.63) is 19.8 Å². The van der Waals surface area contributed by atoms with Crippen LogP contribution in [0.25, 0.3) is 0 Å². The van der Waals surface area contributed by atoms with Gasteiger partial charge < -0.3 is 0 Å². The number of rotatable bonds is 5.